The Labute approximate surface area is 64.1 Å². The predicted molar refractivity (Wildman–Crippen MR) is 46.0 cm³/mol. The normalized spacial score (nSPS) is 10.1. The molecule has 0 aliphatic carbocycles. The molecule has 0 aromatic rings. The second-order valence-electron chi connectivity index (χ2n) is 2.79. The maximum absolute atomic E-state index is 3.93. The van der Waals surface area contributed by atoms with Crippen LogP contribution in [0.5, 0.6) is 0 Å². The zero-order valence-corrected chi connectivity index (χ0v) is 7.52. The highest BCUT2D eigenvalue weighted by Gasteiger charge is 1.98. The fraction of sp³-hybridized carbons (Fsp3) is 0.750. The van der Waals surface area contributed by atoms with E-state index in [9.17, 15) is 0 Å². The zero-order chi connectivity index (χ0) is 8.15. The summed E-state index contributed by atoms with van der Waals surface area (Å²) in [6.07, 6.45) is 0. The van der Waals surface area contributed by atoms with Crippen molar-refractivity contribution in [1.82, 2.24) is 9.80 Å². The van der Waals surface area contributed by atoms with E-state index < -0.39 is 0 Å². The third-order valence-corrected chi connectivity index (χ3v) is 1.62. The van der Waals surface area contributed by atoms with Crippen molar-refractivity contribution in [2.45, 2.75) is 6.92 Å². The molecule has 2 nitrogen and oxygen atoms in total. The van der Waals surface area contributed by atoms with Gasteiger partial charge in [-0.1, -0.05) is 13.5 Å². The van der Waals surface area contributed by atoms with Crippen LogP contribution in [0.15, 0.2) is 12.3 Å². The summed E-state index contributed by atoms with van der Waals surface area (Å²) < 4.78 is 0. The second-order valence-corrected chi connectivity index (χ2v) is 2.79. The number of likely N-dealkylation sites (N-methyl/N-ethyl adjacent to an activating group) is 2. The van der Waals surface area contributed by atoms with E-state index in [-0.39, 0.29) is 0 Å². The van der Waals surface area contributed by atoms with E-state index in [2.05, 4.69) is 25.5 Å². The van der Waals surface area contributed by atoms with Crippen molar-refractivity contribution in [2.75, 3.05) is 34.2 Å². The Balaban J connectivity index is 3.57. The van der Waals surface area contributed by atoms with Crippen LogP contribution in [0.25, 0.3) is 0 Å². The molecule has 0 atom stereocenters. The molecule has 10 heavy (non-hydrogen) atoms. The topological polar surface area (TPSA) is 6.48 Å². The molecule has 0 saturated carbocycles. The Bertz CT molecular complexity index is 108. The van der Waals surface area contributed by atoms with Gasteiger partial charge in [-0.15, -0.1) is 0 Å². The number of nitrogens with zero attached hydrogens (tertiary/aromatic N) is 2. The lowest BCUT2D eigenvalue weighted by atomic mass is 10.4. The van der Waals surface area contributed by atoms with Crippen LogP contribution in [0.1, 0.15) is 6.92 Å². The lowest BCUT2D eigenvalue weighted by Gasteiger charge is -2.21. The molecule has 0 fully saturated rings. The lowest BCUT2D eigenvalue weighted by Crippen LogP contribution is -2.25. The predicted octanol–water partition coefficient (Wildman–Crippen LogP) is 1.01. The Hall–Kier alpha value is -0.500. The molecule has 0 aromatic carbocycles. The summed E-state index contributed by atoms with van der Waals surface area (Å²) in [5.74, 6) is 0. The average Bonchev–Trinajstić information content (AvgIpc) is 1.87. The van der Waals surface area contributed by atoms with Gasteiger partial charge >= 0.3 is 0 Å². The Morgan fingerprint density at radius 2 is 1.80 bits per heavy atom. The number of hydrogen-bond donors (Lipinski definition) is 0. The smallest absolute Gasteiger partial charge is 0.0374 e. The molecular weight excluding hydrogens is 124 g/mol. The fourth-order valence-corrected chi connectivity index (χ4v) is 0.565. The fourth-order valence-electron chi connectivity index (χ4n) is 0.565. The van der Waals surface area contributed by atoms with Crippen molar-refractivity contribution < 1.29 is 0 Å². The lowest BCUT2D eigenvalue weighted by molar-refractivity contribution is 0.342. The standard InChI is InChI=1S/C8H18N2/c1-6-10(5)7-8(2)9(3)4/h2,6-7H2,1,3-5H3. The van der Waals surface area contributed by atoms with Gasteiger partial charge in [0.05, 0.1) is 0 Å². The van der Waals surface area contributed by atoms with E-state index in [0.29, 0.717) is 0 Å². The van der Waals surface area contributed by atoms with Crippen molar-refractivity contribution in [3.05, 3.63) is 12.3 Å². The highest BCUT2D eigenvalue weighted by molar-refractivity contribution is 4.93. The summed E-state index contributed by atoms with van der Waals surface area (Å²) >= 11 is 0. The number of hydrogen-bond acceptors (Lipinski definition) is 2. The molecule has 0 rings (SSSR count). The SMILES string of the molecule is C=C(CN(C)CC)N(C)C. The van der Waals surface area contributed by atoms with Crippen LogP contribution in [-0.4, -0.2) is 44.0 Å². The molecule has 0 radical (unpaired) electrons. The van der Waals surface area contributed by atoms with Gasteiger partial charge in [0, 0.05) is 26.3 Å². The van der Waals surface area contributed by atoms with Crippen molar-refractivity contribution in [2.24, 2.45) is 0 Å². The Kier molecular flexibility index (Phi) is 4.12. The van der Waals surface area contributed by atoms with Gasteiger partial charge in [0.25, 0.3) is 0 Å². The van der Waals surface area contributed by atoms with Crippen molar-refractivity contribution in [3.63, 3.8) is 0 Å². The van der Waals surface area contributed by atoms with Gasteiger partial charge in [-0.2, -0.15) is 0 Å². The summed E-state index contributed by atoms with van der Waals surface area (Å²) in [6.45, 7) is 8.11. The van der Waals surface area contributed by atoms with Crippen LogP contribution in [0.4, 0.5) is 0 Å². The maximum atomic E-state index is 3.93. The van der Waals surface area contributed by atoms with Crippen molar-refractivity contribution >= 4 is 0 Å². The van der Waals surface area contributed by atoms with Crippen LogP contribution in [0.2, 0.25) is 0 Å². The average molecular weight is 142 g/mol. The maximum Gasteiger partial charge on any atom is 0.0374 e. The first-order valence-corrected chi connectivity index (χ1v) is 3.61. The van der Waals surface area contributed by atoms with E-state index in [1.165, 1.54) is 0 Å². The molecule has 0 amide bonds. The summed E-state index contributed by atoms with van der Waals surface area (Å²) in [5, 5.41) is 0. The highest BCUT2D eigenvalue weighted by Crippen LogP contribution is 1.95. The third-order valence-electron chi connectivity index (χ3n) is 1.62. The monoisotopic (exact) mass is 142 g/mol. The van der Waals surface area contributed by atoms with E-state index >= 15 is 0 Å². The van der Waals surface area contributed by atoms with E-state index in [0.717, 1.165) is 18.8 Å². The third kappa shape index (κ3) is 3.51. The minimum atomic E-state index is 0.962. The van der Waals surface area contributed by atoms with Crippen molar-refractivity contribution in [1.29, 1.82) is 0 Å². The van der Waals surface area contributed by atoms with E-state index in [4.69, 9.17) is 0 Å². The van der Waals surface area contributed by atoms with Crippen LogP contribution in [0, 0.1) is 0 Å². The minimum absolute atomic E-state index is 0.962. The molecule has 0 spiro atoms. The summed E-state index contributed by atoms with van der Waals surface area (Å²) in [7, 11) is 6.13. The summed E-state index contributed by atoms with van der Waals surface area (Å²) in [6, 6.07) is 0. The number of rotatable bonds is 4. The molecular formula is C8H18N2. The first kappa shape index (κ1) is 9.50. The van der Waals surface area contributed by atoms with Gasteiger partial charge in [0.1, 0.15) is 0 Å². The second kappa shape index (κ2) is 4.34. The molecule has 0 unspecified atom stereocenters. The summed E-state index contributed by atoms with van der Waals surface area (Å²) in [5.41, 5.74) is 1.16. The first-order chi connectivity index (χ1) is 4.57. The Morgan fingerprint density at radius 1 is 1.30 bits per heavy atom. The van der Waals surface area contributed by atoms with Gasteiger partial charge in [-0.05, 0) is 13.6 Å². The summed E-state index contributed by atoms with van der Waals surface area (Å²) in [4.78, 5) is 4.27. The van der Waals surface area contributed by atoms with Gasteiger partial charge in [0.15, 0.2) is 0 Å². The molecule has 0 aromatic heterocycles. The molecule has 2 heteroatoms. The van der Waals surface area contributed by atoms with Gasteiger partial charge in [0.2, 0.25) is 0 Å². The largest absolute Gasteiger partial charge is 0.380 e. The molecule has 60 valence electrons. The van der Waals surface area contributed by atoms with Crippen LogP contribution >= 0.6 is 0 Å². The van der Waals surface area contributed by atoms with Crippen LogP contribution < -0.4 is 0 Å². The van der Waals surface area contributed by atoms with E-state index in [1.54, 1.807) is 0 Å². The minimum Gasteiger partial charge on any atom is -0.380 e. The van der Waals surface area contributed by atoms with Crippen molar-refractivity contribution in [3.8, 4) is 0 Å². The molecule has 0 aliphatic rings. The first-order valence-electron chi connectivity index (χ1n) is 3.61. The molecule has 0 aliphatic heterocycles. The van der Waals surface area contributed by atoms with Gasteiger partial charge < -0.3 is 9.80 Å². The van der Waals surface area contributed by atoms with Crippen LogP contribution in [0.3, 0.4) is 0 Å². The van der Waals surface area contributed by atoms with E-state index in [1.807, 2.05) is 19.0 Å². The Morgan fingerprint density at radius 3 is 2.10 bits per heavy atom. The quantitative estimate of drug-likeness (QED) is 0.578. The highest BCUT2D eigenvalue weighted by atomic mass is 15.2. The zero-order valence-electron chi connectivity index (χ0n) is 7.52. The molecule has 0 heterocycles. The molecule has 0 saturated heterocycles. The van der Waals surface area contributed by atoms with Gasteiger partial charge in [-0.3, -0.25) is 0 Å². The van der Waals surface area contributed by atoms with Crippen LogP contribution in [-0.2, 0) is 0 Å². The molecule has 0 N–H and O–H groups in total. The van der Waals surface area contributed by atoms with Gasteiger partial charge in [-0.25, -0.2) is 0 Å². The molecule has 0 bridgehead atoms.